The van der Waals surface area contributed by atoms with Crippen molar-refractivity contribution in [2.45, 2.75) is 0 Å². The van der Waals surface area contributed by atoms with E-state index in [2.05, 4.69) is 0 Å². The molecule has 6 heteroatoms. The van der Waals surface area contributed by atoms with Crippen molar-refractivity contribution in [2.24, 2.45) is 0 Å². The van der Waals surface area contributed by atoms with Crippen molar-refractivity contribution in [3.63, 3.8) is 0 Å². The highest BCUT2D eigenvalue weighted by molar-refractivity contribution is 6.58. The van der Waals surface area contributed by atoms with E-state index in [1.54, 1.807) is 30.3 Å². The maximum Gasteiger partial charge on any atom is 0.488 e. The molecule has 0 radical (unpaired) electrons. The Balaban J connectivity index is 2.23. The highest BCUT2D eigenvalue weighted by atomic mass is 16.5. The van der Waals surface area contributed by atoms with Gasteiger partial charge in [0.1, 0.15) is 11.5 Å². The predicted octanol–water partition coefficient (Wildman–Crippen LogP) is 0.857. The number of carbonyl (C=O) groups is 1. The van der Waals surface area contributed by atoms with Gasteiger partial charge in [0.15, 0.2) is 0 Å². The van der Waals surface area contributed by atoms with E-state index in [-0.39, 0.29) is 5.56 Å². The van der Waals surface area contributed by atoms with Crippen molar-refractivity contribution in [1.82, 2.24) is 0 Å². The molecule has 19 heavy (non-hydrogen) atoms. The first-order valence-electron chi connectivity index (χ1n) is 5.53. The lowest BCUT2D eigenvalue weighted by Crippen LogP contribution is -2.29. The predicted molar refractivity (Wildman–Crippen MR) is 69.7 cm³/mol. The Bertz CT molecular complexity index is 597. The summed E-state index contributed by atoms with van der Waals surface area (Å²) in [6.45, 7) is 0. The normalized spacial score (nSPS) is 10.0. The smallest absolute Gasteiger partial charge is 0.478 e. The van der Waals surface area contributed by atoms with Crippen molar-refractivity contribution in [2.75, 3.05) is 0 Å². The summed E-state index contributed by atoms with van der Waals surface area (Å²) in [6, 6.07) is 12.3. The van der Waals surface area contributed by atoms with Crippen molar-refractivity contribution >= 4 is 18.6 Å². The average Bonchev–Trinajstić information content (AvgIpc) is 2.39. The largest absolute Gasteiger partial charge is 0.488 e. The van der Waals surface area contributed by atoms with Crippen LogP contribution >= 0.6 is 0 Å². The Morgan fingerprint density at radius 3 is 2.26 bits per heavy atom. The molecule has 0 saturated heterocycles. The van der Waals surface area contributed by atoms with Gasteiger partial charge in [-0.2, -0.15) is 0 Å². The first kappa shape index (κ1) is 13.1. The van der Waals surface area contributed by atoms with Gasteiger partial charge >= 0.3 is 13.1 Å². The average molecular weight is 258 g/mol. The van der Waals surface area contributed by atoms with Crippen molar-refractivity contribution in [3.05, 3.63) is 54.1 Å². The Kier molecular flexibility index (Phi) is 3.84. The molecule has 5 nitrogen and oxygen atoms in total. The number of hydrogen-bond acceptors (Lipinski definition) is 4. The SMILES string of the molecule is O=C(O)c1cccc(Oc2cccc(B(O)O)c2)c1. The second-order valence-electron chi connectivity index (χ2n) is 3.88. The minimum Gasteiger partial charge on any atom is -0.478 e. The third kappa shape index (κ3) is 3.34. The number of rotatable bonds is 4. The van der Waals surface area contributed by atoms with Crippen LogP contribution in [0.25, 0.3) is 0 Å². The van der Waals surface area contributed by atoms with Gasteiger partial charge in [-0.3, -0.25) is 0 Å². The molecule has 0 saturated carbocycles. The van der Waals surface area contributed by atoms with Crippen LogP contribution in [0.4, 0.5) is 0 Å². The number of carboxylic acids is 1. The fourth-order valence-corrected chi connectivity index (χ4v) is 1.57. The molecular weight excluding hydrogens is 247 g/mol. The molecule has 2 aromatic carbocycles. The Labute approximate surface area is 109 Å². The molecule has 0 atom stereocenters. The molecule has 0 aliphatic heterocycles. The van der Waals surface area contributed by atoms with E-state index in [0.717, 1.165) is 0 Å². The van der Waals surface area contributed by atoms with E-state index in [1.807, 2.05) is 0 Å². The maximum atomic E-state index is 10.8. The second kappa shape index (κ2) is 5.56. The first-order valence-corrected chi connectivity index (χ1v) is 5.53. The number of ether oxygens (including phenoxy) is 1. The Hall–Kier alpha value is -2.31. The standard InChI is InChI=1S/C13H11BO5/c15-13(16)9-3-1-5-11(7-9)19-12-6-2-4-10(8-12)14(17)18/h1-8,17-18H,(H,15,16). The van der Waals surface area contributed by atoms with Crippen LogP contribution in [0.3, 0.4) is 0 Å². The van der Waals surface area contributed by atoms with E-state index in [0.29, 0.717) is 17.0 Å². The number of hydrogen-bond donors (Lipinski definition) is 3. The zero-order valence-corrected chi connectivity index (χ0v) is 9.85. The van der Waals surface area contributed by atoms with Gasteiger partial charge < -0.3 is 19.9 Å². The van der Waals surface area contributed by atoms with Crippen LogP contribution in [-0.4, -0.2) is 28.2 Å². The van der Waals surface area contributed by atoms with E-state index in [4.69, 9.17) is 19.9 Å². The van der Waals surface area contributed by atoms with Gasteiger partial charge in [-0.15, -0.1) is 0 Å². The molecule has 2 rings (SSSR count). The summed E-state index contributed by atoms with van der Waals surface area (Å²) in [5.74, 6) is -0.275. The lowest BCUT2D eigenvalue weighted by atomic mass is 9.80. The molecule has 0 aliphatic rings. The molecule has 0 aliphatic carbocycles. The van der Waals surface area contributed by atoms with E-state index in [1.165, 1.54) is 18.2 Å². The molecule has 0 amide bonds. The van der Waals surface area contributed by atoms with Crippen LogP contribution in [0.15, 0.2) is 48.5 Å². The number of carboxylic acid groups (broad SMARTS) is 1. The van der Waals surface area contributed by atoms with Crippen LogP contribution in [0.2, 0.25) is 0 Å². The summed E-state index contributed by atoms with van der Waals surface area (Å²) in [5, 5.41) is 27.0. The van der Waals surface area contributed by atoms with Gasteiger partial charge in [-0.05, 0) is 35.8 Å². The minimum atomic E-state index is -1.58. The summed E-state index contributed by atoms with van der Waals surface area (Å²) in [7, 11) is -1.58. The summed E-state index contributed by atoms with van der Waals surface area (Å²) in [4.78, 5) is 10.8. The second-order valence-corrected chi connectivity index (χ2v) is 3.88. The zero-order valence-electron chi connectivity index (χ0n) is 9.85. The van der Waals surface area contributed by atoms with Crippen molar-refractivity contribution in [1.29, 1.82) is 0 Å². The molecule has 0 spiro atoms. The van der Waals surface area contributed by atoms with Gasteiger partial charge in [-0.25, -0.2) is 4.79 Å². The van der Waals surface area contributed by atoms with Gasteiger partial charge in [0.25, 0.3) is 0 Å². The molecule has 96 valence electrons. The summed E-state index contributed by atoms with van der Waals surface area (Å²) in [5.41, 5.74) is 0.419. The molecule has 2 aromatic rings. The Morgan fingerprint density at radius 2 is 1.63 bits per heavy atom. The van der Waals surface area contributed by atoms with Gasteiger partial charge in [0.2, 0.25) is 0 Å². The van der Waals surface area contributed by atoms with Gasteiger partial charge in [0.05, 0.1) is 5.56 Å². The van der Waals surface area contributed by atoms with E-state index >= 15 is 0 Å². The third-order valence-corrected chi connectivity index (χ3v) is 2.47. The van der Waals surface area contributed by atoms with E-state index in [9.17, 15) is 4.79 Å². The van der Waals surface area contributed by atoms with Gasteiger partial charge in [0, 0.05) is 0 Å². The van der Waals surface area contributed by atoms with Crippen LogP contribution in [0.5, 0.6) is 11.5 Å². The quantitative estimate of drug-likeness (QED) is 0.708. The monoisotopic (exact) mass is 258 g/mol. The molecule has 0 bridgehead atoms. The molecule has 0 unspecified atom stereocenters. The van der Waals surface area contributed by atoms with Crippen molar-refractivity contribution in [3.8, 4) is 11.5 Å². The lowest BCUT2D eigenvalue weighted by molar-refractivity contribution is 0.0696. The summed E-state index contributed by atoms with van der Waals surface area (Å²) < 4.78 is 5.47. The Morgan fingerprint density at radius 1 is 1.00 bits per heavy atom. The van der Waals surface area contributed by atoms with Crippen LogP contribution in [0, 0.1) is 0 Å². The topological polar surface area (TPSA) is 87.0 Å². The zero-order chi connectivity index (χ0) is 13.8. The van der Waals surface area contributed by atoms with Crippen molar-refractivity contribution < 1.29 is 24.7 Å². The molecule has 0 fully saturated rings. The molecular formula is C13H11BO5. The molecule has 3 N–H and O–H groups in total. The van der Waals surface area contributed by atoms with Crippen LogP contribution in [0.1, 0.15) is 10.4 Å². The number of benzene rings is 2. The first-order chi connectivity index (χ1) is 9.06. The van der Waals surface area contributed by atoms with Crippen LogP contribution in [-0.2, 0) is 0 Å². The lowest BCUT2D eigenvalue weighted by Gasteiger charge is -2.08. The fraction of sp³-hybridized carbons (Fsp3) is 0. The summed E-state index contributed by atoms with van der Waals surface area (Å²) >= 11 is 0. The van der Waals surface area contributed by atoms with Gasteiger partial charge in [-0.1, -0.05) is 18.2 Å². The minimum absolute atomic E-state index is 0.121. The highest BCUT2D eigenvalue weighted by Crippen LogP contribution is 2.21. The molecule has 0 heterocycles. The highest BCUT2D eigenvalue weighted by Gasteiger charge is 2.11. The third-order valence-electron chi connectivity index (χ3n) is 2.47. The van der Waals surface area contributed by atoms with E-state index < -0.39 is 13.1 Å². The molecule has 0 aromatic heterocycles. The summed E-state index contributed by atoms with van der Waals surface area (Å²) in [6.07, 6.45) is 0. The number of aromatic carboxylic acids is 1. The van der Waals surface area contributed by atoms with Crippen LogP contribution < -0.4 is 10.2 Å². The fourth-order valence-electron chi connectivity index (χ4n) is 1.57. The maximum absolute atomic E-state index is 10.8.